The molecule has 5 nitrogen and oxygen atoms in total. The molecule has 3 rings (SSSR count). The number of rotatable bonds is 7. The summed E-state index contributed by atoms with van der Waals surface area (Å²) < 4.78 is 11.0. The standard InChI is InChI=1S/C20H22N2O3/c1-2-24-20(23)17(11-21)18-12-22-19-9-8-15(10-16(18)19)25-13-14-6-4-3-5-7-14/h3-10,12,17,22H,2,11,13,21H2,1H3. The Morgan fingerprint density at radius 2 is 2.00 bits per heavy atom. The van der Waals surface area contributed by atoms with Gasteiger partial charge in [-0.05, 0) is 36.2 Å². The first-order valence-corrected chi connectivity index (χ1v) is 8.37. The Bertz CT molecular complexity index is 843. The Kier molecular flexibility index (Phi) is 5.36. The largest absolute Gasteiger partial charge is 0.489 e. The van der Waals surface area contributed by atoms with Crippen molar-refractivity contribution in [3.63, 3.8) is 0 Å². The van der Waals surface area contributed by atoms with E-state index < -0.39 is 5.92 Å². The molecule has 0 saturated carbocycles. The number of aromatic nitrogens is 1. The predicted molar refractivity (Wildman–Crippen MR) is 97.5 cm³/mol. The number of nitrogens with two attached hydrogens (primary N) is 1. The van der Waals surface area contributed by atoms with E-state index in [0.29, 0.717) is 13.2 Å². The van der Waals surface area contributed by atoms with Crippen molar-refractivity contribution >= 4 is 16.9 Å². The molecule has 0 spiro atoms. The second kappa shape index (κ2) is 7.85. The van der Waals surface area contributed by atoms with Gasteiger partial charge in [0.05, 0.1) is 12.5 Å². The molecule has 0 saturated heterocycles. The minimum Gasteiger partial charge on any atom is -0.489 e. The Hall–Kier alpha value is -2.79. The van der Waals surface area contributed by atoms with Crippen LogP contribution in [0.2, 0.25) is 0 Å². The quantitative estimate of drug-likeness (QED) is 0.648. The molecule has 1 heterocycles. The molecule has 0 fully saturated rings. The Balaban J connectivity index is 1.84. The maximum atomic E-state index is 12.2. The van der Waals surface area contributed by atoms with Crippen molar-refractivity contribution in [1.29, 1.82) is 0 Å². The van der Waals surface area contributed by atoms with Gasteiger partial charge in [0, 0.05) is 23.6 Å². The second-order valence-corrected chi connectivity index (χ2v) is 5.77. The molecule has 1 unspecified atom stereocenters. The zero-order valence-corrected chi connectivity index (χ0v) is 14.2. The van der Waals surface area contributed by atoms with Gasteiger partial charge < -0.3 is 20.2 Å². The summed E-state index contributed by atoms with van der Waals surface area (Å²) in [6.07, 6.45) is 1.82. The van der Waals surface area contributed by atoms with Gasteiger partial charge in [0.2, 0.25) is 0 Å². The van der Waals surface area contributed by atoms with E-state index in [1.165, 1.54) is 0 Å². The van der Waals surface area contributed by atoms with E-state index >= 15 is 0 Å². The first kappa shape index (κ1) is 17.0. The molecule has 130 valence electrons. The van der Waals surface area contributed by atoms with Crippen LogP contribution >= 0.6 is 0 Å². The number of fused-ring (bicyclic) bond motifs is 1. The molecule has 3 N–H and O–H groups in total. The SMILES string of the molecule is CCOC(=O)C(CN)c1c[nH]c2ccc(OCc3ccccc3)cc12. The van der Waals surface area contributed by atoms with Gasteiger partial charge in [-0.1, -0.05) is 30.3 Å². The highest BCUT2D eigenvalue weighted by Crippen LogP contribution is 2.29. The third kappa shape index (κ3) is 3.83. The summed E-state index contributed by atoms with van der Waals surface area (Å²) in [6, 6.07) is 15.8. The average molecular weight is 338 g/mol. The molecule has 1 aromatic heterocycles. The lowest BCUT2D eigenvalue weighted by molar-refractivity contribution is -0.144. The molecule has 0 aliphatic carbocycles. The average Bonchev–Trinajstić information content (AvgIpc) is 3.05. The minimum atomic E-state index is -0.488. The molecule has 0 aliphatic heterocycles. The number of carbonyl (C=O) groups excluding carboxylic acids is 1. The van der Waals surface area contributed by atoms with E-state index in [1.54, 1.807) is 6.92 Å². The minimum absolute atomic E-state index is 0.195. The molecule has 3 aromatic rings. The lowest BCUT2D eigenvalue weighted by Gasteiger charge is -2.13. The molecule has 0 amide bonds. The molecule has 0 bridgehead atoms. The number of nitrogens with one attached hydrogen (secondary N) is 1. The first-order valence-electron chi connectivity index (χ1n) is 8.37. The highest BCUT2D eigenvalue weighted by molar-refractivity contribution is 5.91. The van der Waals surface area contributed by atoms with Crippen LogP contribution in [0.1, 0.15) is 24.0 Å². The van der Waals surface area contributed by atoms with Gasteiger partial charge in [-0.2, -0.15) is 0 Å². The maximum absolute atomic E-state index is 12.2. The van der Waals surface area contributed by atoms with Crippen molar-refractivity contribution < 1.29 is 14.3 Å². The van der Waals surface area contributed by atoms with Crippen LogP contribution in [0.3, 0.4) is 0 Å². The van der Waals surface area contributed by atoms with Crippen LogP contribution in [0.25, 0.3) is 10.9 Å². The van der Waals surface area contributed by atoms with Gasteiger partial charge in [-0.15, -0.1) is 0 Å². The zero-order chi connectivity index (χ0) is 17.6. The lowest BCUT2D eigenvalue weighted by Crippen LogP contribution is -2.23. The molecule has 2 aromatic carbocycles. The monoisotopic (exact) mass is 338 g/mol. The summed E-state index contributed by atoms with van der Waals surface area (Å²) in [4.78, 5) is 15.3. The van der Waals surface area contributed by atoms with Gasteiger partial charge in [0.25, 0.3) is 0 Å². The molecule has 0 radical (unpaired) electrons. The number of benzene rings is 2. The van der Waals surface area contributed by atoms with Crippen LogP contribution in [-0.2, 0) is 16.1 Å². The summed E-state index contributed by atoms with van der Waals surface area (Å²) in [6.45, 7) is 2.81. The summed E-state index contributed by atoms with van der Waals surface area (Å²) in [5.41, 5.74) is 8.68. The number of ether oxygens (including phenoxy) is 2. The van der Waals surface area contributed by atoms with E-state index in [0.717, 1.165) is 27.8 Å². The van der Waals surface area contributed by atoms with Gasteiger partial charge in [-0.3, -0.25) is 4.79 Å². The van der Waals surface area contributed by atoms with Crippen molar-refractivity contribution in [3.8, 4) is 5.75 Å². The van der Waals surface area contributed by atoms with E-state index in [9.17, 15) is 4.79 Å². The molecular weight excluding hydrogens is 316 g/mol. The van der Waals surface area contributed by atoms with E-state index in [2.05, 4.69) is 4.98 Å². The third-order valence-electron chi connectivity index (χ3n) is 4.12. The second-order valence-electron chi connectivity index (χ2n) is 5.77. The number of hydrogen-bond donors (Lipinski definition) is 2. The van der Waals surface area contributed by atoms with Crippen LogP contribution < -0.4 is 10.5 Å². The number of hydrogen-bond acceptors (Lipinski definition) is 4. The van der Waals surface area contributed by atoms with E-state index in [-0.39, 0.29) is 12.5 Å². The lowest BCUT2D eigenvalue weighted by atomic mass is 9.98. The fraction of sp³-hybridized carbons (Fsp3) is 0.250. The molecular formula is C20H22N2O3. The van der Waals surface area contributed by atoms with Gasteiger partial charge in [0.15, 0.2) is 0 Å². The van der Waals surface area contributed by atoms with Crippen LogP contribution in [0.4, 0.5) is 0 Å². The Morgan fingerprint density at radius 3 is 2.72 bits per heavy atom. The van der Waals surface area contributed by atoms with Crippen LogP contribution in [0.15, 0.2) is 54.7 Å². The highest BCUT2D eigenvalue weighted by Gasteiger charge is 2.23. The fourth-order valence-electron chi connectivity index (χ4n) is 2.83. The van der Waals surface area contributed by atoms with Gasteiger partial charge in [-0.25, -0.2) is 0 Å². The topological polar surface area (TPSA) is 77.3 Å². The summed E-state index contributed by atoms with van der Waals surface area (Å²) in [5, 5.41) is 0.925. The zero-order valence-electron chi connectivity index (χ0n) is 14.2. The Labute approximate surface area is 146 Å². The predicted octanol–water partition coefficient (Wildman–Crippen LogP) is 3.35. The fourth-order valence-corrected chi connectivity index (χ4v) is 2.83. The van der Waals surface area contributed by atoms with Crippen molar-refractivity contribution in [3.05, 3.63) is 65.9 Å². The number of carbonyl (C=O) groups is 1. The summed E-state index contributed by atoms with van der Waals surface area (Å²) in [5.74, 6) is -0.0450. The van der Waals surface area contributed by atoms with Crippen molar-refractivity contribution in [2.45, 2.75) is 19.4 Å². The summed E-state index contributed by atoms with van der Waals surface area (Å²) >= 11 is 0. The highest BCUT2D eigenvalue weighted by atomic mass is 16.5. The van der Waals surface area contributed by atoms with Crippen molar-refractivity contribution in [2.24, 2.45) is 5.73 Å². The number of aromatic amines is 1. The molecule has 25 heavy (non-hydrogen) atoms. The Morgan fingerprint density at radius 1 is 1.20 bits per heavy atom. The molecule has 5 heteroatoms. The van der Waals surface area contributed by atoms with Crippen molar-refractivity contribution in [1.82, 2.24) is 4.98 Å². The van der Waals surface area contributed by atoms with Crippen LogP contribution in [-0.4, -0.2) is 24.1 Å². The van der Waals surface area contributed by atoms with E-state index in [4.69, 9.17) is 15.2 Å². The number of H-pyrrole nitrogens is 1. The molecule has 0 aliphatic rings. The van der Waals surface area contributed by atoms with Crippen LogP contribution in [0.5, 0.6) is 5.75 Å². The normalized spacial score (nSPS) is 12.1. The summed E-state index contributed by atoms with van der Waals surface area (Å²) in [7, 11) is 0. The third-order valence-corrected chi connectivity index (χ3v) is 4.12. The van der Waals surface area contributed by atoms with E-state index in [1.807, 2.05) is 54.7 Å². The van der Waals surface area contributed by atoms with Crippen molar-refractivity contribution in [2.75, 3.05) is 13.2 Å². The molecule has 1 atom stereocenters. The maximum Gasteiger partial charge on any atom is 0.314 e. The number of esters is 1. The van der Waals surface area contributed by atoms with Gasteiger partial charge in [0.1, 0.15) is 12.4 Å². The smallest absolute Gasteiger partial charge is 0.314 e. The van der Waals surface area contributed by atoms with Crippen LogP contribution in [0, 0.1) is 0 Å². The van der Waals surface area contributed by atoms with Gasteiger partial charge >= 0.3 is 5.97 Å². The first-order chi connectivity index (χ1) is 12.2.